The maximum Gasteiger partial charge on any atom is 0.129 e. The summed E-state index contributed by atoms with van der Waals surface area (Å²) in [6, 6.07) is 19.2. The van der Waals surface area contributed by atoms with Gasteiger partial charge in [-0.1, -0.05) is 47.7 Å². The minimum atomic E-state index is 0.384. The molecule has 28 heavy (non-hydrogen) atoms. The van der Waals surface area contributed by atoms with Crippen molar-refractivity contribution in [1.29, 1.82) is 0 Å². The topological polar surface area (TPSA) is 43.2 Å². The van der Waals surface area contributed by atoms with Crippen molar-refractivity contribution in [3.63, 3.8) is 0 Å². The molecule has 0 amide bonds. The minimum Gasteiger partial charge on any atom is -0.488 e. The first kappa shape index (κ1) is 18.7. The van der Waals surface area contributed by atoms with Gasteiger partial charge in [-0.2, -0.15) is 0 Å². The Morgan fingerprint density at radius 1 is 1.07 bits per heavy atom. The van der Waals surface area contributed by atoms with E-state index >= 15 is 0 Å². The van der Waals surface area contributed by atoms with E-state index in [1.165, 1.54) is 13.0 Å². The molecule has 0 N–H and O–H groups in total. The first-order chi connectivity index (χ1) is 13.7. The summed E-state index contributed by atoms with van der Waals surface area (Å²) >= 11 is 0. The molecule has 1 unspecified atom stereocenters. The minimum absolute atomic E-state index is 0.384. The highest BCUT2D eigenvalue weighted by Gasteiger charge is 2.24. The highest BCUT2D eigenvalue weighted by molar-refractivity contribution is 5.66. The lowest BCUT2D eigenvalue weighted by molar-refractivity contribution is 0.136. The molecule has 5 nitrogen and oxygen atoms in total. The van der Waals surface area contributed by atoms with Crippen molar-refractivity contribution in [2.75, 3.05) is 13.1 Å². The lowest BCUT2D eigenvalue weighted by Gasteiger charge is -2.35. The van der Waals surface area contributed by atoms with Crippen LogP contribution in [-0.2, 0) is 6.61 Å². The zero-order valence-corrected chi connectivity index (χ0v) is 16.7. The fourth-order valence-electron chi connectivity index (χ4n) is 3.79. The van der Waals surface area contributed by atoms with Crippen LogP contribution in [0.3, 0.4) is 0 Å². The molecule has 0 radical (unpaired) electrons. The van der Waals surface area contributed by atoms with Crippen molar-refractivity contribution in [1.82, 2.24) is 19.9 Å². The zero-order chi connectivity index (χ0) is 19.3. The molecule has 146 valence electrons. The highest BCUT2D eigenvalue weighted by Crippen LogP contribution is 2.30. The summed E-state index contributed by atoms with van der Waals surface area (Å²) in [5, 5.41) is 8.92. The van der Waals surface area contributed by atoms with Crippen LogP contribution in [0.2, 0.25) is 0 Å². The van der Waals surface area contributed by atoms with Crippen molar-refractivity contribution in [2.45, 2.75) is 45.4 Å². The molecule has 1 aliphatic heterocycles. The van der Waals surface area contributed by atoms with Crippen LogP contribution in [0.25, 0.3) is 11.3 Å². The second-order valence-corrected chi connectivity index (χ2v) is 7.74. The molecule has 0 aliphatic carbocycles. The van der Waals surface area contributed by atoms with E-state index in [1.54, 1.807) is 0 Å². The second-order valence-electron chi connectivity index (χ2n) is 7.74. The Hall–Kier alpha value is -2.66. The number of ether oxygens (including phenoxy) is 1. The van der Waals surface area contributed by atoms with Crippen molar-refractivity contribution >= 4 is 0 Å². The zero-order valence-electron chi connectivity index (χ0n) is 16.7. The van der Waals surface area contributed by atoms with Gasteiger partial charge in [0.05, 0.1) is 12.2 Å². The standard InChI is InChI=1S/C23H28N4O/c1-18(2)26-14-8-11-20(15-26)27-16-22(24-25-27)21-12-6-7-13-23(21)28-17-19-9-4-3-5-10-19/h3-7,9-10,12-13,16,18,20H,8,11,14-15,17H2,1-2H3. The SMILES string of the molecule is CC(C)N1CCCC(n2cc(-c3ccccc3OCc3ccccc3)nn2)C1. The van der Waals surface area contributed by atoms with Gasteiger partial charge in [-0.25, -0.2) is 4.68 Å². The van der Waals surface area contributed by atoms with Crippen LogP contribution >= 0.6 is 0 Å². The summed E-state index contributed by atoms with van der Waals surface area (Å²) in [6.45, 7) is 7.27. The molecule has 1 aromatic heterocycles. The van der Waals surface area contributed by atoms with Gasteiger partial charge in [0.2, 0.25) is 0 Å². The van der Waals surface area contributed by atoms with Gasteiger partial charge in [0.25, 0.3) is 0 Å². The van der Waals surface area contributed by atoms with Gasteiger partial charge in [-0.3, -0.25) is 4.90 Å². The molecular formula is C23H28N4O. The number of aromatic nitrogens is 3. The maximum absolute atomic E-state index is 6.10. The van der Waals surface area contributed by atoms with Crippen LogP contribution < -0.4 is 4.74 Å². The second kappa shape index (κ2) is 8.57. The molecule has 2 aromatic carbocycles. The van der Waals surface area contributed by atoms with Crippen LogP contribution in [0.15, 0.2) is 60.8 Å². The lowest BCUT2D eigenvalue weighted by Crippen LogP contribution is -2.40. The molecule has 1 fully saturated rings. The summed E-state index contributed by atoms with van der Waals surface area (Å²) in [4.78, 5) is 2.52. The van der Waals surface area contributed by atoms with Crippen molar-refractivity contribution in [3.8, 4) is 17.0 Å². The Morgan fingerprint density at radius 3 is 2.68 bits per heavy atom. The van der Waals surface area contributed by atoms with Gasteiger partial charge in [0, 0.05) is 18.2 Å². The Morgan fingerprint density at radius 2 is 1.86 bits per heavy atom. The smallest absolute Gasteiger partial charge is 0.129 e. The van der Waals surface area contributed by atoms with Gasteiger partial charge in [0.1, 0.15) is 18.1 Å². The van der Waals surface area contributed by atoms with E-state index in [4.69, 9.17) is 4.74 Å². The predicted octanol–water partition coefficient (Wildman–Crippen LogP) is 4.57. The fourth-order valence-corrected chi connectivity index (χ4v) is 3.79. The van der Waals surface area contributed by atoms with E-state index in [-0.39, 0.29) is 0 Å². The van der Waals surface area contributed by atoms with Crippen LogP contribution in [0.4, 0.5) is 0 Å². The Bertz CT molecular complexity index is 890. The number of benzene rings is 2. The van der Waals surface area contributed by atoms with E-state index < -0.39 is 0 Å². The number of rotatable bonds is 6. The number of para-hydroxylation sites is 1. The monoisotopic (exact) mass is 376 g/mol. The normalized spacial score (nSPS) is 17.8. The van der Waals surface area contributed by atoms with E-state index in [0.29, 0.717) is 18.7 Å². The number of hydrogen-bond acceptors (Lipinski definition) is 4. The van der Waals surface area contributed by atoms with E-state index in [0.717, 1.165) is 35.5 Å². The van der Waals surface area contributed by atoms with Crippen LogP contribution in [0.5, 0.6) is 5.75 Å². The average Bonchev–Trinajstić information content (AvgIpc) is 3.23. The number of hydrogen-bond donors (Lipinski definition) is 0. The quantitative estimate of drug-likeness (QED) is 0.632. The number of piperidine rings is 1. The molecule has 2 heterocycles. The Labute approximate surface area is 166 Å². The van der Waals surface area contributed by atoms with Gasteiger partial charge in [-0.15, -0.1) is 5.10 Å². The number of nitrogens with zero attached hydrogens (tertiary/aromatic N) is 4. The van der Waals surface area contributed by atoms with E-state index in [9.17, 15) is 0 Å². The molecule has 5 heteroatoms. The molecule has 4 rings (SSSR count). The van der Waals surface area contributed by atoms with Crippen LogP contribution in [0, 0.1) is 0 Å². The first-order valence-electron chi connectivity index (χ1n) is 10.1. The summed E-state index contributed by atoms with van der Waals surface area (Å²) < 4.78 is 8.14. The highest BCUT2D eigenvalue weighted by atomic mass is 16.5. The molecule has 1 atom stereocenters. The van der Waals surface area contributed by atoms with E-state index in [2.05, 4.69) is 53.5 Å². The lowest BCUT2D eigenvalue weighted by atomic mass is 10.0. The summed E-state index contributed by atoms with van der Waals surface area (Å²) in [6.07, 6.45) is 4.42. The van der Waals surface area contributed by atoms with Crippen LogP contribution in [-0.4, -0.2) is 39.0 Å². The fraction of sp³-hybridized carbons (Fsp3) is 0.391. The molecule has 1 saturated heterocycles. The predicted molar refractivity (Wildman–Crippen MR) is 111 cm³/mol. The van der Waals surface area contributed by atoms with E-state index in [1.807, 2.05) is 41.1 Å². The molecule has 0 saturated carbocycles. The maximum atomic E-state index is 6.10. The summed E-state index contributed by atoms with van der Waals surface area (Å²) in [7, 11) is 0. The van der Waals surface area contributed by atoms with Gasteiger partial charge < -0.3 is 4.74 Å². The molecule has 0 spiro atoms. The van der Waals surface area contributed by atoms with Crippen molar-refractivity contribution in [3.05, 3.63) is 66.4 Å². The largest absolute Gasteiger partial charge is 0.488 e. The van der Waals surface area contributed by atoms with Gasteiger partial charge >= 0.3 is 0 Å². The third-order valence-corrected chi connectivity index (χ3v) is 5.44. The third kappa shape index (κ3) is 4.25. The Balaban J connectivity index is 1.51. The summed E-state index contributed by atoms with van der Waals surface area (Å²) in [5.41, 5.74) is 3.00. The van der Waals surface area contributed by atoms with Crippen molar-refractivity contribution < 1.29 is 4.74 Å². The third-order valence-electron chi connectivity index (χ3n) is 5.44. The van der Waals surface area contributed by atoms with Crippen molar-refractivity contribution in [2.24, 2.45) is 0 Å². The van der Waals surface area contributed by atoms with Crippen LogP contribution in [0.1, 0.15) is 38.3 Å². The molecule has 1 aliphatic rings. The van der Waals surface area contributed by atoms with Gasteiger partial charge in [-0.05, 0) is 50.9 Å². The van der Waals surface area contributed by atoms with Gasteiger partial charge in [0.15, 0.2) is 0 Å². The number of likely N-dealkylation sites (tertiary alicyclic amines) is 1. The molecular weight excluding hydrogens is 348 g/mol. The first-order valence-corrected chi connectivity index (χ1v) is 10.1. The summed E-state index contributed by atoms with van der Waals surface area (Å²) in [5.74, 6) is 0.839. The molecule has 0 bridgehead atoms. The molecule has 3 aromatic rings. The average molecular weight is 377 g/mol. The Kier molecular flexibility index (Phi) is 5.72.